The number of rotatable bonds is 12. The number of ether oxygens (including phenoxy) is 4. The Morgan fingerprint density at radius 2 is 1.50 bits per heavy atom. The Bertz CT molecular complexity index is 1280. The number of carbonyl (C=O) groups is 1. The molecule has 3 aromatic rings. The van der Waals surface area contributed by atoms with Crippen molar-refractivity contribution in [2.24, 2.45) is 0 Å². The van der Waals surface area contributed by atoms with E-state index in [1.165, 1.54) is 46.6 Å². The normalized spacial score (nSPS) is 11.1. The fourth-order valence-electron chi connectivity index (χ4n) is 3.56. The molecule has 0 radical (unpaired) electrons. The van der Waals surface area contributed by atoms with Crippen LogP contribution in [0.15, 0.2) is 71.6 Å². The van der Waals surface area contributed by atoms with E-state index in [0.717, 1.165) is 9.87 Å². The molecule has 0 aliphatic carbocycles. The summed E-state index contributed by atoms with van der Waals surface area (Å²) in [5.74, 6) is 1.10. The molecular formula is C26H30N2O7S. The third-order valence-electron chi connectivity index (χ3n) is 5.49. The largest absolute Gasteiger partial charge is 0.497 e. The van der Waals surface area contributed by atoms with E-state index < -0.39 is 22.5 Å². The van der Waals surface area contributed by atoms with Crippen LogP contribution in [0.4, 0.5) is 5.69 Å². The average Bonchev–Trinajstić information content (AvgIpc) is 2.91. The minimum absolute atomic E-state index is 0.0111. The average molecular weight is 515 g/mol. The third kappa shape index (κ3) is 6.46. The predicted octanol–water partition coefficient (Wildman–Crippen LogP) is 3.59. The van der Waals surface area contributed by atoms with E-state index >= 15 is 0 Å². The highest BCUT2D eigenvalue weighted by atomic mass is 32.2. The van der Waals surface area contributed by atoms with Crippen molar-refractivity contribution < 1.29 is 32.2 Å². The molecule has 0 aromatic heterocycles. The Labute approximate surface area is 211 Å². The molecule has 10 heteroatoms. The van der Waals surface area contributed by atoms with Crippen LogP contribution in [0.1, 0.15) is 5.56 Å². The third-order valence-corrected chi connectivity index (χ3v) is 7.33. The van der Waals surface area contributed by atoms with Crippen molar-refractivity contribution in [2.75, 3.05) is 46.8 Å². The highest BCUT2D eigenvalue weighted by Gasteiger charge is 2.28. The van der Waals surface area contributed by atoms with Crippen molar-refractivity contribution in [3.63, 3.8) is 0 Å². The Kier molecular flexibility index (Phi) is 9.15. The number of carbonyl (C=O) groups excluding carboxylic acids is 1. The summed E-state index contributed by atoms with van der Waals surface area (Å²) in [5, 5.41) is 2.74. The summed E-state index contributed by atoms with van der Waals surface area (Å²) >= 11 is 0. The summed E-state index contributed by atoms with van der Waals surface area (Å²) in [6.07, 6.45) is 0.423. The molecule has 0 unspecified atom stereocenters. The summed E-state index contributed by atoms with van der Waals surface area (Å²) in [4.78, 5) is 13.0. The second kappa shape index (κ2) is 12.3. The zero-order valence-electron chi connectivity index (χ0n) is 20.7. The minimum atomic E-state index is -4.06. The smallest absolute Gasteiger partial charge is 0.243 e. The van der Waals surface area contributed by atoms with Crippen molar-refractivity contribution in [3.8, 4) is 23.0 Å². The standard InChI is InChI=1S/C26H30N2O7S/c1-32-20-10-12-22(24(16-20)34-3)27-26(29)18-28(15-14-19-8-6-5-7-9-19)36(30,31)21-11-13-23(33-2)25(17-21)35-4/h5-13,16-17H,14-15,18H2,1-4H3,(H,27,29). The van der Waals surface area contributed by atoms with Crippen molar-refractivity contribution >= 4 is 21.6 Å². The molecular weight excluding hydrogens is 484 g/mol. The molecule has 0 spiro atoms. The van der Waals surface area contributed by atoms with Crippen LogP contribution in [0, 0.1) is 0 Å². The van der Waals surface area contributed by atoms with Crippen LogP contribution in [0.5, 0.6) is 23.0 Å². The lowest BCUT2D eigenvalue weighted by molar-refractivity contribution is -0.116. The number of benzene rings is 3. The zero-order chi connectivity index (χ0) is 26.1. The predicted molar refractivity (Wildman–Crippen MR) is 137 cm³/mol. The van der Waals surface area contributed by atoms with Crippen LogP contribution in [0.2, 0.25) is 0 Å². The Morgan fingerprint density at radius 3 is 2.14 bits per heavy atom. The van der Waals surface area contributed by atoms with Crippen molar-refractivity contribution in [1.82, 2.24) is 4.31 Å². The van der Waals surface area contributed by atoms with Crippen molar-refractivity contribution in [1.29, 1.82) is 0 Å². The van der Waals surface area contributed by atoms with Gasteiger partial charge in [-0.25, -0.2) is 8.42 Å². The van der Waals surface area contributed by atoms with Gasteiger partial charge >= 0.3 is 0 Å². The fraction of sp³-hybridized carbons (Fsp3) is 0.269. The zero-order valence-corrected chi connectivity index (χ0v) is 21.5. The number of sulfonamides is 1. The molecule has 0 saturated heterocycles. The van der Waals surface area contributed by atoms with Crippen LogP contribution in [-0.2, 0) is 21.2 Å². The highest BCUT2D eigenvalue weighted by molar-refractivity contribution is 7.89. The molecule has 0 bridgehead atoms. The van der Waals surface area contributed by atoms with Crippen LogP contribution >= 0.6 is 0 Å². The molecule has 0 aliphatic heterocycles. The lowest BCUT2D eigenvalue weighted by Crippen LogP contribution is -2.39. The lowest BCUT2D eigenvalue weighted by atomic mass is 10.1. The van der Waals surface area contributed by atoms with Crippen LogP contribution in [0.25, 0.3) is 0 Å². The Balaban J connectivity index is 1.88. The highest BCUT2D eigenvalue weighted by Crippen LogP contribution is 2.31. The molecule has 3 rings (SSSR count). The molecule has 3 aromatic carbocycles. The maximum absolute atomic E-state index is 13.6. The van der Waals surface area contributed by atoms with Gasteiger partial charge in [0.05, 0.1) is 45.6 Å². The molecule has 0 fully saturated rings. The number of nitrogens with one attached hydrogen (secondary N) is 1. The molecule has 0 aliphatic rings. The fourth-order valence-corrected chi connectivity index (χ4v) is 4.97. The first kappa shape index (κ1) is 26.8. The molecule has 192 valence electrons. The van der Waals surface area contributed by atoms with Crippen LogP contribution in [-0.4, -0.2) is 60.2 Å². The number of nitrogens with zero attached hydrogens (tertiary/aromatic N) is 1. The van der Waals surface area contributed by atoms with Gasteiger partial charge in [-0.2, -0.15) is 4.31 Å². The number of anilines is 1. The van der Waals surface area contributed by atoms with Gasteiger partial charge in [0, 0.05) is 18.7 Å². The number of hydrogen-bond acceptors (Lipinski definition) is 7. The van der Waals surface area contributed by atoms with Crippen LogP contribution < -0.4 is 24.3 Å². The van der Waals surface area contributed by atoms with Gasteiger partial charge < -0.3 is 24.3 Å². The first-order valence-corrected chi connectivity index (χ1v) is 12.5. The van der Waals surface area contributed by atoms with E-state index in [1.807, 2.05) is 30.3 Å². The van der Waals surface area contributed by atoms with E-state index in [2.05, 4.69) is 5.32 Å². The Morgan fingerprint density at radius 1 is 0.806 bits per heavy atom. The second-order valence-corrected chi connectivity index (χ2v) is 9.64. The van der Waals surface area contributed by atoms with Crippen molar-refractivity contribution in [2.45, 2.75) is 11.3 Å². The molecule has 1 amide bonds. The SMILES string of the molecule is COc1ccc(NC(=O)CN(CCc2ccccc2)S(=O)(=O)c2ccc(OC)c(OC)c2)c(OC)c1. The van der Waals surface area contributed by atoms with Gasteiger partial charge in [-0.15, -0.1) is 0 Å². The summed E-state index contributed by atoms with van der Waals surface area (Å²) < 4.78 is 49.4. The monoisotopic (exact) mass is 514 g/mol. The number of methoxy groups -OCH3 is 4. The van der Waals surface area contributed by atoms with Gasteiger partial charge in [0.1, 0.15) is 11.5 Å². The van der Waals surface area contributed by atoms with E-state index in [4.69, 9.17) is 18.9 Å². The lowest BCUT2D eigenvalue weighted by Gasteiger charge is -2.23. The summed E-state index contributed by atoms with van der Waals surface area (Å²) in [5.41, 5.74) is 1.34. The van der Waals surface area contributed by atoms with Crippen LogP contribution in [0.3, 0.4) is 0 Å². The van der Waals surface area contributed by atoms with E-state index in [1.54, 1.807) is 18.2 Å². The van der Waals surface area contributed by atoms with Gasteiger partial charge in [0.2, 0.25) is 15.9 Å². The molecule has 1 N–H and O–H groups in total. The topological polar surface area (TPSA) is 103 Å². The maximum atomic E-state index is 13.6. The molecule has 0 heterocycles. The summed E-state index contributed by atoms with van der Waals surface area (Å²) in [6.45, 7) is -0.313. The molecule has 36 heavy (non-hydrogen) atoms. The quantitative estimate of drug-likeness (QED) is 0.394. The van der Waals surface area contributed by atoms with Crippen molar-refractivity contribution in [3.05, 3.63) is 72.3 Å². The summed E-state index contributed by atoms with van der Waals surface area (Å²) in [6, 6.07) is 18.7. The Hall–Kier alpha value is -3.76. The summed E-state index contributed by atoms with van der Waals surface area (Å²) in [7, 11) is 1.83. The van der Waals surface area contributed by atoms with Gasteiger partial charge in [-0.05, 0) is 36.2 Å². The second-order valence-electron chi connectivity index (χ2n) is 7.71. The first-order chi connectivity index (χ1) is 17.3. The van der Waals surface area contributed by atoms with Gasteiger partial charge in [-0.1, -0.05) is 30.3 Å². The van der Waals surface area contributed by atoms with E-state index in [9.17, 15) is 13.2 Å². The molecule has 0 atom stereocenters. The van der Waals surface area contributed by atoms with E-state index in [-0.39, 0.29) is 17.2 Å². The number of hydrogen-bond donors (Lipinski definition) is 1. The molecule has 9 nitrogen and oxygen atoms in total. The molecule has 0 saturated carbocycles. The van der Waals surface area contributed by atoms with Gasteiger partial charge in [0.25, 0.3) is 0 Å². The van der Waals surface area contributed by atoms with E-state index in [0.29, 0.717) is 29.4 Å². The first-order valence-electron chi connectivity index (χ1n) is 11.1. The van der Waals surface area contributed by atoms with Gasteiger partial charge in [0.15, 0.2) is 11.5 Å². The maximum Gasteiger partial charge on any atom is 0.243 e. The number of amides is 1. The van der Waals surface area contributed by atoms with Gasteiger partial charge in [-0.3, -0.25) is 4.79 Å². The minimum Gasteiger partial charge on any atom is -0.497 e.